The van der Waals surface area contributed by atoms with E-state index in [1.807, 2.05) is 0 Å². The minimum atomic E-state index is -2.38. The summed E-state index contributed by atoms with van der Waals surface area (Å²) in [4.78, 5) is 0. The first-order valence-electron chi connectivity index (χ1n) is 5.63. The molecule has 0 saturated carbocycles. The summed E-state index contributed by atoms with van der Waals surface area (Å²) in [5, 5.41) is 3.20. The van der Waals surface area contributed by atoms with Crippen LogP contribution in [0.2, 0.25) is 0 Å². The predicted molar refractivity (Wildman–Crippen MR) is 61.0 cm³/mol. The van der Waals surface area contributed by atoms with E-state index in [1.165, 1.54) is 25.7 Å². The first-order chi connectivity index (χ1) is 7.20. The van der Waals surface area contributed by atoms with E-state index < -0.39 is 11.4 Å². The molecule has 2 atom stereocenters. The zero-order chi connectivity index (χ0) is 11.5. The standard InChI is InChI=1S/C10H23NO3S/c1-3-5-6-10(4-2)9-11-7-8-14-15(12)13/h10-11H,3-9H2,1-2H3,(H,12,13)/p-1. The highest BCUT2D eigenvalue weighted by Crippen LogP contribution is 2.10. The second kappa shape index (κ2) is 10.5. The number of nitrogens with one attached hydrogen (secondary N) is 1. The van der Waals surface area contributed by atoms with E-state index in [4.69, 9.17) is 0 Å². The molecule has 15 heavy (non-hydrogen) atoms. The molecule has 0 amide bonds. The summed E-state index contributed by atoms with van der Waals surface area (Å²) in [6.45, 7) is 6.14. The molecule has 0 heterocycles. The van der Waals surface area contributed by atoms with Gasteiger partial charge in [-0.05, 0) is 18.9 Å². The molecule has 0 spiro atoms. The van der Waals surface area contributed by atoms with Crippen LogP contribution < -0.4 is 5.32 Å². The fourth-order valence-corrected chi connectivity index (χ4v) is 1.65. The van der Waals surface area contributed by atoms with Crippen LogP contribution in [0.3, 0.4) is 0 Å². The second-order valence-corrected chi connectivity index (χ2v) is 4.29. The van der Waals surface area contributed by atoms with Gasteiger partial charge in [-0.15, -0.1) is 0 Å². The van der Waals surface area contributed by atoms with E-state index in [9.17, 15) is 8.76 Å². The van der Waals surface area contributed by atoms with Crippen LogP contribution in [0.5, 0.6) is 0 Å². The Balaban J connectivity index is 3.33. The summed E-state index contributed by atoms with van der Waals surface area (Å²) < 4.78 is 24.5. The molecule has 2 unspecified atom stereocenters. The van der Waals surface area contributed by atoms with Crippen molar-refractivity contribution in [2.24, 2.45) is 5.92 Å². The third-order valence-electron chi connectivity index (χ3n) is 2.43. The van der Waals surface area contributed by atoms with Crippen molar-refractivity contribution in [1.29, 1.82) is 0 Å². The maximum absolute atomic E-state index is 10.0. The molecule has 0 rings (SSSR count). The molecular formula is C10H22NO3S-. The average molecular weight is 236 g/mol. The maximum Gasteiger partial charge on any atom is 0.0842 e. The van der Waals surface area contributed by atoms with Crippen LogP contribution in [0.15, 0.2) is 0 Å². The van der Waals surface area contributed by atoms with Crippen LogP contribution in [-0.2, 0) is 15.5 Å². The minimum Gasteiger partial charge on any atom is -0.750 e. The largest absolute Gasteiger partial charge is 0.750 e. The summed E-state index contributed by atoms with van der Waals surface area (Å²) >= 11 is -2.38. The highest BCUT2D eigenvalue weighted by molar-refractivity contribution is 7.74. The van der Waals surface area contributed by atoms with E-state index in [0.717, 1.165) is 6.54 Å². The van der Waals surface area contributed by atoms with Gasteiger partial charge in [0.15, 0.2) is 0 Å². The molecule has 4 nitrogen and oxygen atoms in total. The van der Waals surface area contributed by atoms with Crippen molar-refractivity contribution in [2.75, 3.05) is 19.7 Å². The Bertz CT molecular complexity index is 167. The molecule has 1 N–H and O–H groups in total. The van der Waals surface area contributed by atoms with Crippen LogP contribution in [0.4, 0.5) is 0 Å². The smallest absolute Gasteiger partial charge is 0.0842 e. The highest BCUT2D eigenvalue weighted by atomic mass is 32.2. The van der Waals surface area contributed by atoms with Crippen molar-refractivity contribution in [3.63, 3.8) is 0 Å². The molecule has 0 aromatic carbocycles. The van der Waals surface area contributed by atoms with Crippen LogP contribution in [0, 0.1) is 5.92 Å². The van der Waals surface area contributed by atoms with Crippen molar-refractivity contribution in [3.05, 3.63) is 0 Å². The summed E-state index contributed by atoms with van der Waals surface area (Å²) in [7, 11) is 0. The molecule has 0 aliphatic rings. The molecule has 0 fully saturated rings. The zero-order valence-electron chi connectivity index (χ0n) is 9.66. The van der Waals surface area contributed by atoms with Gasteiger partial charge in [0.1, 0.15) is 0 Å². The van der Waals surface area contributed by atoms with Crippen molar-refractivity contribution in [2.45, 2.75) is 39.5 Å². The Hall–Kier alpha value is 0.0300. The third kappa shape index (κ3) is 10.3. The van der Waals surface area contributed by atoms with E-state index >= 15 is 0 Å². The van der Waals surface area contributed by atoms with Crippen LogP contribution in [-0.4, -0.2) is 28.5 Å². The quantitative estimate of drug-likeness (QED) is 0.462. The van der Waals surface area contributed by atoms with Crippen molar-refractivity contribution in [3.8, 4) is 0 Å². The maximum atomic E-state index is 10.0. The van der Waals surface area contributed by atoms with Gasteiger partial charge in [-0.2, -0.15) is 0 Å². The zero-order valence-corrected chi connectivity index (χ0v) is 10.5. The Labute approximate surface area is 95.3 Å². The fraction of sp³-hybridized carbons (Fsp3) is 1.00. The summed E-state index contributed by atoms with van der Waals surface area (Å²) in [5.41, 5.74) is 0. The third-order valence-corrected chi connectivity index (χ3v) is 2.79. The van der Waals surface area contributed by atoms with Crippen LogP contribution in [0.1, 0.15) is 39.5 Å². The van der Waals surface area contributed by atoms with E-state index in [2.05, 4.69) is 23.3 Å². The number of unbranched alkanes of at least 4 members (excludes halogenated alkanes) is 1. The minimum absolute atomic E-state index is 0.223. The summed E-state index contributed by atoms with van der Waals surface area (Å²) in [5.74, 6) is 0.697. The van der Waals surface area contributed by atoms with Crippen LogP contribution in [0.25, 0.3) is 0 Å². The molecule has 0 radical (unpaired) electrons. The average Bonchev–Trinajstić information content (AvgIpc) is 2.21. The highest BCUT2D eigenvalue weighted by Gasteiger charge is 2.04. The lowest BCUT2D eigenvalue weighted by Crippen LogP contribution is -2.26. The first kappa shape index (κ1) is 15.0. The molecule has 92 valence electrons. The number of hydrogen-bond acceptors (Lipinski definition) is 4. The van der Waals surface area contributed by atoms with Gasteiger partial charge in [-0.25, -0.2) is 4.21 Å². The van der Waals surface area contributed by atoms with Gasteiger partial charge >= 0.3 is 0 Å². The lowest BCUT2D eigenvalue weighted by atomic mass is 9.99. The molecule has 0 aromatic rings. The number of rotatable bonds is 10. The van der Waals surface area contributed by atoms with Gasteiger partial charge in [0.2, 0.25) is 0 Å². The Morgan fingerprint density at radius 1 is 1.47 bits per heavy atom. The molecule has 0 aromatic heterocycles. The van der Waals surface area contributed by atoms with Gasteiger partial charge in [-0.1, -0.05) is 33.1 Å². The molecule has 0 bridgehead atoms. The molecule has 0 saturated heterocycles. The Morgan fingerprint density at radius 2 is 2.20 bits per heavy atom. The molecular weight excluding hydrogens is 214 g/mol. The Morgan fingerprint density at radius 3 is 2.73 bits per heavy atom. The van der Waals surface area contributed by atoms with Gasteiger partial charge in [0, 0.05) is 6.54 Å². The SMILES string of the molecule is CCCCC(CC)CNCCOS(=O)[O-]. The van der Waals surface area contributed by atoms with Gasteiger partial charge in [-0.3, -0.25) is 4.18 Å². The number of hydrogen-bond donors (Lipinski definition) is 1. The van der Waals surface area contributed by atoms with Crippen molar-refractivity contribution < 1.29 is 12.9 Å². The topological polar surface area (TPSA) is 61.4 Å². The second-order valence-electron chi connectivity index (χ2n) is 3.65. The predicted octanol–water partition coefficient (Wildman–Crippen LogP) is 1.60. The molecule has 0 aliphatic heterocycles. The molecule has 5 heteroatoms. The Kier molecular flexibility index (Phi) is 10.6. The van der Waals surface area contributed by atoms with Crippen molar-refractivity contribution >= 4 is 11.4 Å². The molecule has 0 aliphatic carbocycles. The van der Waals surface area contributed by atoms with Crippen molar-refractivity contribution in [1.82, 2.24) is 5.32 Å². The van der Waals surface area contributed by atoms with Gasteiger partial charge in [0.25, 0.3) is 0 Å². The van der Waals surface area contributed by atoms with E-state index in [1.54, 1.807) is 0 Å². The van der Waals surface area contributed by atoms with Crippen LogP contribution >= 0.6 is 0 Å². The monoisotopic (exact) mass is 236 g/mol. The fourth-order valence-electron chi connectivity index (χ4n) is 1.43. The van der Waals surface area contributed by atoms with E-state index in [-0.39, 0.29) is 6.61 Å². The first-order valence-corrected chi connectivity index (χ1v) is 6.63. The van der Waals surface area contributed by atoms with E-state index in [0.29, 0.717) is 12.5 Å². The van der Waals surface area contributed by atoms with Gasteiger partial charge < -0.3 is 9.87 Å². The lowest BCUT2D eigenvalue weighted by molar-refractivity contribution is 0.292. The normalized spacial score (nSPS) is 15.1. The van der Waals surface area contributed by atoms with Gasteiger partial charge in [0.05, 0.1) is 18.0 Å². The summed E-state index contributed by atoms with van der Waals surface area (Å²) in [6.07, 6.45) is 4.91. The summed E-state index contributed by atoms with van der Waals surface area (Å²) in [6, 6.07) is 0. The lowest BCUT2D eigenvalue weighted by Gasteiger charge is -2.15.